The standard InChI is InChI=1S/C11H17BrN2/c1-4-8(2)9(3)14-11-10(12)6-5-7-13-11/h5-9H,4H2,1-3H3,(H,13,14). The molecule has 0 bridgehead atoms. The number of anilines is 1. The topological polar surface area (TPSA) is 24.9 Å². The molecule has 0 aliphatic rings. The molecule has 0 aliphatic carbocycles. The van der Waals surface area contributed by atoms with Crippen LogP contribution in [0.25, 0.3) is 0 Å². The molecule has 1 N–H and O–H groups in total. The summed E-state index contributed by atoms with van der Waals surface area (Å²) in [6, 6.07) is 4.37. The van der Waals surface area contributed by atoms with Crippen LogP contribution >= 0.6 is 15.9 Å². The molecule has 0 spiro atoms. The number of nitrogens with zero attached hydrogens (tertiary/aromatic N) is 1. The van der Waals surface area contributed by atoms with Crippen LogP contribution in [0, 0.1) is 5.92 Å². The van der Waals surface area contributed by atoms with Crippen LogP contribution in [0.4, 0.5) is 5.82 Å². The number of pyridine rings is 1. The van der Waals surface area contributed by atoms with Gasteiger partial charge in [0.15, 0.2) is 0 Å². The zero-order valence-electron chi connectivity index (χ0n) is 8.92. The summed E-state index contributed by atoms with van der Waals surface area (Å²) in [5.41, 5.74) is 0. The molecule has 78 valence electrons. The molecule has 0 saturated carbocycles. The zero-order valence-corrected chi connectivity index (χ0v) is 10.5. The maximum atomic E-state index is 4.28. The molecule has 3 heteroatoms. The van der Waals surface area contributed by atoms with Crippen LogP contribution in [0.5, 0.6) is 0 Å². The van der Waals surface area contributed by atoms with Crippen LogP contribution in [0.3, 0.4) is 0 Å². The molecule has 0 amide bonds. The zero-order chi connectivity index (χ0) is 10.6. The highest BCUT2D eigenvalue weighted by Crippen LogP contribution is 2.21. The van der Waals surface area contributed by atoms with Gasteiger partial charge in [0.2, 0.25) is 0 Å². The van der Waals surface area contributed by atoms with Crippen molar-refractivity contribution in [1.82, 2.24) is 4.98 Å². The predicted molar refractivity (Wildman–Crippen MR) is 64.5 cm³/mol. The van der Waals surface area contributed by atoms with Gasteiger partial charge >= 0.3 is 0 Å². The molecular weight excluding hydrogens is 240 g/mol. The van der Waals surface area contributed by atoms with Crippen molar-refractivity contribution in [2.24, 2.45) is 5.92 Å². The Bertz CT molecular complexity index is 288. The fraction of sp³-hybridized carbons (Fsp3) is 0.545. The van der Waals surface area contributed by atoms with Crippen LogP contribution in [-0.2, 0) is 0 Å². The van der Waals surface area contributed by atoms with Gasteiger partial charge in [-0.05, 0) is 40.9 Å². The maximum Gasteiger partial charge on any atom is 0.140 e. The molecule has 1 aromatic heterocycles. The second-order valence-corrected chi connectivity index (χ2v) is 4.51. The van der Waals surface area contributed by atoms with Crippen LogP contribution in [0.15, 0.2) is 22.8 Å². The van der Waals surface area contributed by atoms with Crippen molar-refractivity contribution in [1.29, 1.82) is 0 Å². The van der Waals surface area contributed by atoms with E-state index in [1.54, 1.807) is 6.20 Å². The summed E-state index contributed by atoms with van der Waals surface area (Å²) >= 11 is 3.47. The Morgan fingerprint density at radius 1 is 1.50 bits per heavy atom. The van der Waals surface area contributed by atoms with Gasteiger partial charge in [0, 0.05) is 12.2 Å². The lowest BCUT2D eigenvalue weighted by Crippen LogP contribution is -2.23. The van der Waals surface area contributed by atoms with E-state index in [1.807, 2.05) is 12.1 Å². The minimum absolute atomic E-state index is 0.450. The minimum Gasteiger partial charge on any atom is -0.366 e. The number of hydrogen-bond donors (Lipinski definition) is 1. The first-order valence-electron chi connectivity index (χ1n) is 5.02. The van der Waals surface area contributed by atoms with Crippen molar-refractivity contribution in [2.45, 2.75) is 33.2 Å². The fourth-order valence-electron chi connectivity index (χ4n) is 1.20. The Morgan fingerprint density at radius 2 is 2.21 bits per heavy atom. The van der Waals surface area contributed by atoms with Crippen molar-refractivity contribution >= 4 is 21.7 Å². The lowest BCUT2D eigenvalue weighted by atomic mass is 10.0. The highest BCUT2D eigenvalue weighted by molar-refractivity contribution is 9.10. The summed E-state index contributed by atoms with van der Waals surface area (Å²) in [4.78, 5) is 4.28. The van der Waals surface area contributed by atoms with Gasteiger partial charge in [-0.2, -0.15) is 0 Å². The van der Waals surface area contributed by atoms with Gasteiger partial charge in [-0.3, -0.25) is 0 Å². The van der Waals surface area contributed by atoms with Crippen LogP contribution in [-0.4, -0.2) is 11.0 Å². The van der Waals surface area contributed by atoms with E-state index in [-0.39, 0.29) is 0 Å². The molecule has 2 unspecified atom stereocenters. The molecule has 0 saturated heterocycles. The van der Waals surface area contributed by atoms with E-state index in [0.29, 0.717) is 12.0 Å². The molecule has 14 heavy (non-hydrogen) atoms. The summed E-state index contributed by atoms with van der Waals surface area (Å²) in [7, 11) is 0. The summed E-state index contributed by atoms with van der Waals surface area (Å²) in [5.74, 6) is 1.59. The molecule has 0 fully saturated rings. The fourth-order valence-corrected chi connectivity index (χ4v) is 1.57. The van der Waals surface area contributed by atoms with Gasteiger partial charge < -0.3 is 5.32 Å². The summed E-state index contributed by atoms with van der Waals surface area (Å²) in [6.45, 7) is 6.64. The van der Waals surface area contributed by atoms with Gasteiger partial charge in [-0.25, -0.2) is 4.98 Å². The predicted octanol–water partition coefficient (Wildman–Crippen LogP) is 3.69. The lowest BCUT2D eigenvalue weighted by Gasteiger charge is -2.20. The molecule has 0 radical (unpaired) electrons. The van der Waals surface area contributed by atoms with Gasteiger partial charge in [0.1, 0.15) is 5.82 Å². The molecule has 0 aromatic carbocycles. The van der Waals surface area contributed by atoms with Crippen molar-refractivity contribution in [3.05, 3.63) is 22.8 Å². The third-order valence-electron chi connectivity index (χ3n) is 2.62. The molecule has 1 rings (SSSR count). The minimum atomic E-state index is 0.450. The molecule has 2 nitrogen and oxygen atoms in total. The SMILES string of the molecule is CCC(C)C(C)Nc1ncccc1Br. The van der Waals surface area contributed by atoms with E-state index < -0.39 is 0 Å². The number of aromatic nitrogens is 1. The van der Waals surface area contributed by atoms with E-state index in [9.17, 15) is 0 Å². The smallest absolute Gasteiger partial charge is 0.140 e. The van der Waals surface area contributed by atoms with Gasteiger partial charge in [-0.15, -0.1) is 0 Å². The van der Waals surface area contributed by atoms with E-state index in [0.717, 1.165) is 10.3 Å². The third kappa shape index (κ3) is 2.98. The molecule has 1 heterocycles. The first-order chi connectivity index (χ1) is 6.65. The third-order valence-corrected chi connectivity index (χ3v) is 3.26. The van der Waals surface area contributed by atoms with Gasteiger partial charge in [0.05, 0.1) is 4.47 Å². The first kappa shape index (κ1) is 11.5. The number of halogens is 1. The Kier molecular flexibility index (Phi) is 4.39. The Balaban J connectivity index is 2.64. The van der Waals surface area contributed by atoms with Gasteiger partial charge in [0.25, 0.3) is 0 Å². The highest BCUT2D eigenvalue weighted by atomic mass is 79.9. The van der Waals surface area contributed by atoms with E-state index in [4.69, 9.17) is 0 Å². The molecule has 2 atom stereocenters. The largest absolute Gasteiger partial charge is 0.366 e. The van der Waals surface area contributed by atoms with E-state index >= 15 is 0 Å². The van der Waals surface area contributed by atoms with Crippen LogP contribution in [0.1, 0.15) is 27.2 Å². The molecule has 1 aromatic rings. The number of rotatable bonds is 4. The van der Waals surface area contributed by atoms with Crippen molar-refractivity contribution in [2.75, 3.05) is 5.32 Å². The Hall–Kier alpha value is -0.570. The van der Waals surface area contributed by atoms with Crippen molar-refractivity contribution < 1.29 is 0 Å². The second-order valence-electron chi connectivity index (χ2n) is 3.65. The average molecular weight is 257 g/mol. The molecule has 0 aliphatic heterocycles. The van der Waals surface area contributed by atoms with Crippen molar-refractivity contribution in [3.8, 4) is 0 Å². The summed E-state index contributed by atoms with van der Waals surface area (Å²) in [5, 5.41) is 3.40. The number of hydrogen-bond acceptors (Lipinski definition) is 2. The number of nitrogens with one attached hydrogen (secondary N) is 1. The highest BCUT2D eigenvalue weighted by Gasteiger charge is 2.11. The molecular formula is C11H17BrN2. The van der Waals surface area contributed by atoms with Crippen molar-refractivity contribution in [3.63, 3.8) is 0 Å². The van der Waals surface area contributed by atoms with E-state index in [2.05, 4.69) is 47.0 Å². The van der Waals surface area contributed by atoms with E-state index in [1.165, 1.54) is 6.42 Å². The Labute approximate surface area is 94.3 Å². The Morgan fingerprint density at radius 3 is 2.79 bits per heavy atom. The quantitative estimate of drug-likeness (QED) is 0.889. The summed E-state index contributed by atoms with van der Waals surface area (Å²) < 4.78 is 1.02. The summed E-state index contributed by atoms with van der Waals surface area (Å²) in [6.07, 6.45) is 2.98. The maximum absolute atomic E-state index is 4.28. The van der Waals surface area contributed by atoms with Crippen LogP contribution < -0.4 is 5.32 Å². The lowest BCUT2D eigenvalue weighted by molar-refractivity contribution is 0.493. The van der Waals surface area contributed by atoms with Crippen LogP contribution in [0.2, 0.25) is 0 Å². The first-order valence-corrected chi connectivity index (χ1v) is 5.81. The monoisotopic (exact) mass is 256 g/mol. The normalized spacial score (nSPS) is 14.9. The van der Waals surface area contributed by atoms with Gasteiger partial charge in [-0.1, -0.05) is 20.3 Å². The average Bonchev–Trinajstić information content (AvgIpc) is 2.20. The second kappa shape index (κ2) is 5.35.